The number of amides is 3. The lowest BCUT2D eigenvalue weighted by Gasteiger charge is -2.37. The first-order valence-electron chi connectivity index (χ1n) is 11.6. The van der Waals surface area contributed by atoms with Gasteiger partial charge in [-0.2, -0.15) is 0 Å². The molecule has 3 rings (SSSR count). The molecule has 3 amide bonds. The largest absolute Gasteiger partial charge is 0.480 e. The molecule has 3 fully saturated rings. The Bertz CT molecular complexity index is 806. The Labute approximate surface area is 206 Å². The molecule has 3 aliphatic heterocycles. The van der Waals surface area contributed by atoms with Crippen LogP contribution in [0.3, 0.4) is 0 Å². The smallest absolute Gasteiger partial charge is 0.326 e. The Balaban J connectivity index is 1.91. The van der Waals surface area contributed by atoms with Crippen molar-refractivity contribution in [1.82, 2.24) is 15.1 Å². The predicted molar refractivity (Wildman–Crippen MR) is 118 cm³/mol. The van der Waals surface area contributed by atoms with Crippen molar-refractivity contribution in [2.75, 3.05) is 33.2 Å². The number of aliphatic hydroxyl groups is 4. The maximum Gasteiger partial charge on any atom is 0.326 e. The molecule has 10 atom stereocenters. The van der Waals surface area contributed by atoms with Crippen LogP contribution in [0.15, 0.2) is 0 Å². The zero-order chi connectivity index (χ0) is 26.7. The zero-order valence-electron chi connectivity index (χ0n) is 19.8. The van der Waals surface area contributed by atoms with Crippen LogP contribution in [0.2, 0.25) is 0 Å². The molecule has 0 spiro atoms. The molecule has 206 valence electrons. The highest BCUT2D eigenvalue weighted by Gasteiger charge is 2.56. The molecule has 0 aromatic rings. The lowest BCUT2D eigenvalue weighted by Crippen LogP contribution is -2.58. The maximum absolute atomic E-state index is 12.4. The molecular weight excluding hydrogens is 486 g/mol. The van der Waals surface area contributed by atoms with E-state index in [-0.39, 0.29) is 32.6 Å². The zero-order valence-corrected chi connectivity index (χ0v) is 19.8. The number of aliphatic carboxylic acids is 1. The number of aliphatic hydroxyl groups excluding tert-OH is 4. The highest BCUT2D eigenvalue weighted by molar-refractivity contribution is 5.96. The summed E-state index contributed by atoms with van der Waals surface area (Å²) in [7, 11) is 1.48. The maximum atomic E-state index is 12.4. The number of carbonyl (C=O) groups is 3. The van der Waals surface area contributed by atoms with Crippen LogP contribution in [0.5, 0.6) is 0 Å². The van der Waals surface area contributed by atoms with Gasteiger partial charge in [0.15, 0.2) is 12.5 Å². The van der Waals surface area contributed by atoms with Gasteiger partial charge in [-0.05, 0) is 26.6 Å². The molecule has 3 aliphatic rings. The van der Waals surface area contributed by atoms with Crippen molar-refractivity contribution in [3.8, 4) is 0 Å². The first kappa shape index (κ1) is 28.6. The van der Waals surface area contributed by atoms with Crippen LogP contribution < -0.4 is 16.8 Å². The Hall–Kier alpha value is -1.99. The number of nitrogens with two attached hydrogens (primary N) is 2. The molecule has 0 aromatic carbocycles. The number of carboxylic acids is 1. The second-order valence-corrected chi connectivity index (χ2v) is 9.04. The fourth-order valence-electron chi connectivity index (χ4n) is 4.60. The average Bonchev–Trinajstić information content (AvgIpc) is 3.27. The number of nitrogens with one attached hydrogen (secondary N) is 1. The first-order valence-corrected chi connectivity index (χ1v) is 11.6. The van der Waals surface area contributed by atoms with E-state index < -0.39 is 79.2 Å². The van der Waals surface area contributed by atoms with Crippen LogP contribution in [-0.2, 0) is 23.8 Å². The molecule has 0 bridgehead atoms. The van der Waals surface area contributed by atoms with Crippen LogP contribution in [-0.4, -0.2) is 148 Å². The SMILES string of the molecule is CN(CCCN)[C@H](C(=O)O)[C@H](O[C@@H]1O[C@H](CN)[C@@H](O)[C@H]1O)[C@H]1O[C@@H](N2CCC(=O)NC2=O)[C@H](O)[C@@H]1O. The van der Waals surface area contributed by atoms with Gasteiger partial charge >= 0.3 is 12.0 Å². The Morgan fingerprint density at radius 2 is 1.86 bits per heavy atom. The number of urea groups is 1. The van der Waals surface area contributed by atoms with Gasteiger partial charge in [0, 0.05) is 19.5 Å². The lowest BCUT2D eigenvalue weighted by molar-refractivity contribution is -0.235. The number of carboxylic acid groups (broad SMARTS) is 1. The molecule has 3 saturated heterocycles. The van der Waals surface area contributed by atoms with Gasteiger partial charge in [-0.15, -0.1) is 0 Å². The number of carbonyl (C=O) groups excluding carboxylic acids is 2. The summed E-state index contributed by atoms with van der Waals surface area (Å²) >= 11 is 0. The fraction of sp³-hybridized carbons (Fsp3) is 0.850. The van der Waals surface area contributed by atoms with Gasteiger partial charge in [0.2, 0.25) is 5.91 Å². The van der Waals surface area contributed by atoms with E-state index in [9.17, 15) is 39.9 Å². The second-order valence-electron chi connectivity index (χ2n) is 9.04. The summed E-state index contributed by atoms with van der Waals surface area (Å²) in [6, 6.07) is -2.34. The Morgan fingerprint density at radius 1 is 1.17 bits per heavy atom. The topological polar surface area (TPSA) is 251 Å². The predicted octanol–water partition coefficient (Wildman–Crippen LogP) is -5.10. The molecule has 3 heterocycles. The molecule has 0 saturated carbocycles. The van der Waals surface area contributed by atoms with Crippen molar-refractivity contribution >= 4 is 17.9 Å². The number of nitrogens with zero attached hydrogens (tertiary/aromatic N) is 2. The van der Waals surface area contributed by atoms with Gasteiger partial charge in [0.25, 0.3) is 0 Å². The van der Waals surface area contributed by atoms with Gasteiger partial charge < -0.3 is 51.2 Å². The molecule has 0 unspecified atom stereocenters. The summed E-state index contributed by atoms with van der Waals surface area (Å²) in [6.07, 6.45) is -13.1. The van der Waals surface area contributed by atoms with Crippen LogP contribution in [0.4, 0.5) is 4.79 Å². The van der Waals surface area contributed by atoms with Crippen molar-refractivity contribution in [2.45, 2.75) is 74.1 Å². The van der Waals surface area contributed by atoms with Gasteiger partial charge in [-0.25, -0.2) is 4.79 Å². The average molecular weight is 522 g/mol. The van der Waals surface area contributed by atoms with E-state index in [2.05, 4.69) is 5.32 Å². The number of imide groups is 1. The third-order valence-electron chi connectivity index (χ3n) is 6.59. The van der Waals surface area contributed by atoms with Crippen LogP contribution in [0.25, 0.3) is 0 Å². The number of ether oxygens (including phenoxy) is 3. The van der Waals surface area contributed by atoms with Crippen LogP contribution in [0, 0.1) is 0 Å². The molecule has 10 N–H and O–H groups in total. The Morgan fingerprint density at radius 3 is 2.42 bits per heavy atom. The van der Waals surface area contributed by atoms with Crippen molar-refractivity contribution < 1.29 is 54.1 Å². The summed E-state index contributed by atoms with van der Waals surface area (Å²) in [5.74, 6) is -1.90. The third-order valence-corrected chi connectivity index (χ3v) is 6.59. The molecule has 0 aromatic heterocycles. The minimum atomic E-state index is -1.73. The molecule has 16 heteroatoms. The first-order chi connectivity index (χ1) is 17.0. The van der Waals surface area contributed by atoms with E-state index in [1.165, 1.54) is 11.9 Å². The van der Waals surface area contributed by atoms with Crippen molar-refractivity contribution in [3.05, 3.63) is 0 Å². The second kappa shape index (κ2) is 12.0. The van der Waals surface area contributed by atoms with E-state index in [1.54, 1.807) is 0 Å². The molecular formula is C20H35N5O11. The Kier molecular flexibility index (Phi) is 9.56. The van der Waals surface area contributed by atoms with Crippen molar-refractivity contribution in [2.24, 2.45) is 11.5 Å². The summed E-state index contributed by atoms with van der Waals surface area (Å²) in [5.41, 5.74) is 11.1. The highest BCUT2D eigenvalue weighted by Crippen LogP contribution is 2.33. The van der Waals surface area contributed by atoms with E-state index in [0.717, 1.165) is 4.90 Å². The number of hydrogen-bond donors (Lipinski definition) is 8. The lowest BCUT2D eigenvalue weighted by atomic mass is 9.97. The monoisotopic (exact) mass is 521 g/mol. The van der Waals surface area contributed by atoms with E-state index in [0.29, 0.717) is 6.42 Å². The standard InChI is InChI=1S/C20H35N5O11/c1-24(5-2-4-21)10(18(31)32)15(36-19-14(30)11(27)8(7-22)34-19)16-12(28)13(29)17(35-16)25-6-3-9(26)23-20(25)33/h8,10-17,19,27-30H,2-7,21-22H2,1H3,(H,31,32)(H,23,26,33)/t8-,10+,11-,12+,13-,14-,15+,16+,17-,19+/m1/s1. The molecule has 16 nitrogen and oxygen atoms in total. The van der Waals surface area contributed by atoms with Crippen LogP contribution >= 0.6 is 0 Å². The highest BCUT2D eigenvalue weighted by atomic mass is 16.7. The molecule has 0 aliphatic carbocycles. The third kappa shape index (κ3) is 5.77. The minimum Gasteiger partial charge on any atom is -0.480 e. The fourth-order valence-corrected chi connectivity index (χ4v) is 4.60. The summed E-state index contributed by atoms with van der Waals surface area (Å²) in [6.45, 7) is 0.211. The van der Waals surface area contributed by atoms with E-state index in [4.69, 9.17) is 25.7 Å². The normalized spacial score (nSPS) is 36.8. The van der Waals surface area contributed by atoms with E-state index >= 15 is 0 Å². The quantitative estimate of drug-likeness (QED) is 0.127. The molecule has 36 heavy (non-hydrogen) atoms. The minimum absolute atomic E-state index is 0.0704. The van der Waals surface area contributed by atoms with Gasteiger partial charge in [0.1, 0.15) is 48.8 Å². The summed E-state index contributed by atoms with van der Waals surface area (Å²) in [4.78, 5) is 38.6. The van der Waals surface area contributed by atoms with Crippen molar-refractivity contribution in [3.63, 3.8) is 0 Å². The number of hydrogen-bond acceptors (Lipinski definition) is 13. The summed E-state index contributed by atoms with van der Waals surface area (Å²) in [5, 5.41) is 54.3. The number of rotatable bonds is 11. The summed E-state index contributed by atoms with van der Waals surface area (Å²) < 4.78 is 17.1. The molecule has 0 radical (unpaired) electrons. The van der Waals surface area contributed by atoms with Gasteiger partial charge in [0.05, 0.1) is 0 Å². The van der Waals surface area contributed by atoms with Gasteiger partial charge in [-0.3, -0.25) is 24.7 Å². The number of likely N-dealkylation sites (N-methyl/N-ethyl adjacent to an activating group) is 1. The van der Waals surface area contributed by atoms with Gasteiger partial charge in [-0.1, -0.05) is 0 Å². The van der Waals surface area contributed by atoms with E-state index in [1.807, 2.05) is 0 Å². The van der Waals surface area contributed by atoms with Crippen LogP contribution in [0.1, 0.15) is 12.8 Å². The van der Waals surface area contributed by atoms with Crippen molar-refractivity contribution in [1.29, 1.82) is 0 Å².